The van der Waals surface area contributed by atoms with Crippen molar-refractivity contribution in [2.45, 2.75) is 13.0 Å². The number of nitrogens with one attached hydrogen (secondary N) is 1. The Kier molecular flexibility index (Phi) is 13.7. The van der Waals surface area contributed by atoms with Gasteiger partial charge in [0.2, 0.25) is 11.7 Å². The number of nitro benzene ring substituents is 2. The second-order valence-corrected chi connectivity index (χ2v) is 13.7. The lowest BCUT2D eigenvalue weighted by Crippen LogP contribution is -2.42. The zero-order chi connectivity index (χ0) is 40.4. The lowest BCUT2D eigenvalue weighted by Gasteiger charge is -2.28. The summed E-state index contributed by atoms with van der Waals surface area (Å²) in [4.78, 5) is 68.1. The standard InChI is InChI=1S/C40H32IN5O9S/c1-4-6-17-28(5-2)44-39(49)30(20-25-21-31(41)37(34(22-25)54-3)55-33-19-18-29(45(50)51)23-32(33)46(52)53)38(48)43-40(44)56-24-35(47)42-36(26-13-9-7-10-14-26)27-15-11-8-12-16-27/h4-23,36H,1,24H2,2-3H3,(H,42,47)/b17-6-,28-5+,30-20-. The normalized spacial score (nSPS) is 13.9. The summed E-state index contributed by atoms with van der Waals surface area (Å²) in [5, 5.41) is 26.0. The van der Waals surface area contributed by atoms with Gasteiger partial charge in [0, 0.05) is 11.8 Å². The van der Waals surface area contributed by atoms with Crippen LogP contribution in [-0.2, 0) is 14.4 Å². The molecule has 4 aromatic rings. The first-order chi connectivity index (χ1) is 26.9. The van der Waals surface area contributed by atoms with Gasteiger partial charge in [-0.15, -0.1) is 0 Å². The number of carbonyl (C=O) groups excluding carboxylic acids is 3. The Morgan fingerprint density at radius 1 is 0.982 bits per heavy atom. The fourth-order valence-electron chi connectivity index (χ4n) is 5.44. The van der Waals surface area contributed by atoms with Gasteiger partial charge in [0.15, 0.2) is 16.7 Å². The van der Waals surface area contributed by atoms with E-state index in [0.717, 1.165) is 41.1 Å². The lowest BCUT2D eigenvalue weighted by atomic mass is 9.99. The van der Waals surface area contributed by atoms with E-state index in [1.54, 1.807) is 31.2 Å². The maximum absolute atomic E-state index is 14.2. The summed E-state index contributed by atoms with van der Waals surface area (Å²) in [6, 6.07) is 24.5. The highest BCUT2D eigenvalue weighted by atomic mass is 127. The zero-order valence-electron chi connectivity index (χ0n) is 29.8. The maximum Gasteiger partial charge on any atom is 0.318 e. The highest BCUT2D eigenvalue weighted by Gasteiger charge is 2.35. The van der Waals surface area contributed by atoms with E-state index in [0.29, 0.717) is 14.8 Å². The molecular weight excluding hydrogens is 853 g/mol. The second-order valence-electron chi connectivity index (χ2n) is 11.6. The van der Waals surface area contributed by atoms with Crippen molar-refractivity contribution in [1.82, 2.24) is 10.2 Å². The number of halogens is 1. The van der Waals surface area contributed by atoms with Crippen molar-refractivity contribution >= 4 is 74.7 Å². The Balaban J connectivity index is 1.45. The van der Waals surface area contributed by atoms with Crippen molar-refractivity contribution in [3.63, 3.8) is 0 Å². The topological polar surface area (TPSA) is 184 Å². The third-order valence-electron chi connectivity index (χ3n) is 8.04. The van der Waals surface area contributed by atoms with E-state index >= 15 is 0 Å². The van der Waals surface area contributed by atoms with Crippen molar-refractivity contribution < 1.29 is 33.7 Å². The van der Waals surface area contributed by atoms with Crippen LogP contribution in [0.15, 0.2) is 138 Å². The third-order valence-corrected chi connectivity index (χ3v) is 9.78. The van der Waals surface area contributed by atoms with Gasteiger partial charge < -0.3 is 14.8 Å². The largest absolute Gasteiger partial charge is 0.493 e. The fourth-order valence-corrected chi connectivity index (χ4v) is 6.98. The molecule has 284 valence electrons. The van der Waals surface area contributed by atoms with Crippen LogP contribution in [0, 0.1) is 23.8 Å². The van der Waals surface area contributed by atoms with Crippen LogP contribution in [0.1, 0.15) is 29.7 Å². The van der Waals surface area contributed by atoms with Crippen LogP contribution < -0.4 is 14.8 Å². The van der Waals surface area contributed by atoms with Crippen molar-refractivity contribution in [2.24, 2.45) is 4.99 Å². The number of carbonyl (C=O) groups is 3. The fraction of sp³-hybridized carbons (Fsp3) is 0.100. The molecule has 1 aliphatic rings. The Hall–Kier alpha value is -6.40. The molecule has 0 saturated carbocycles. The first-order valence-corrected chi connectivity index (χ1v) is 18.7. The van der Waals surface area contributed by atoms with Gasteiger partial charge >= 0.3 is 5.69 Å². The molecule has 4 aromatic carbocycles. The number of thioether (sulfide) groups is 1. The number of amides is 3. The summed E-state index contributed by atoms with van der Waals surface area (Å²) in [6.45, 7) is 5.40. The maximum atomic E-state index is 14.2. The first kappa shape index (κ1) is 40.8. The Morgan fingerprint density at radius 2 is 1.64 bits per heavy atom. The number of non-ortho nitro benzene ring substituents is 1. The number of nitro groups is 2. The summed E-state index contributed by atoms with van der Waals surface area (Å²) < 4.78 is 11.7. The van der Waals surface area contributed by atoms with Gasteiger partial charge in [-0.3, -0.25) is 39.5 Å². The molecule has 1 heterocycles. The van der Waals surface area contributed by atoms with Crippen molar-refractivity contribution in [1.29, 1.82) is 0 Å². The van der Waals surface area contributed by atoms with Crippen LogP contribution in [0.3, 0.4) is 0 Å². The van der Waals surface area contributed by atoms with Crippen LogP contribution in [0.4, 0.5) is 11.4 Å². The molecule has 16 heteroatoms. The average Bonchev–Trinajstić information content (AvgIpc) is 3.20. The van der Waals surface area contributed by atoms with E-state index < -0.39 is 39.1 Å². The quantitative estimate of drug-likeness (QED) is 0.0323. The van der Waals surface area contributed by atoms with Crippen molar-refractivity contribution in [3.05, 3.63) is 174 Å². The number of hydrogen-bond donors (Lipinski definition) is 1. The molecule has 0 unspecified atom stereocenters. The number of amidine groups is 1. The summed E-state index contributed by atoms with van der Waals surface area (Å²) in [6.07, 6.45) is 7.73. The molecular formula is C40H32IN5O9S. The number of benzene rings is 4. The highest BCUT2D eigenvalue weighted by molar-refractivity contribution is 14.1. The number of ether oxygens (including phenoxy) is 2. The van der Waals surface area contributed by atoms with Gasteiger partial charge in [-0.1, -0.05) is 97.2 Å². The molecule has 0 aliphatic carbocycles. The van der Waals surface area contributed by atoms with E-state index in [2.05, 4.69) is 16.9 Å². The molecule has 0 spiro atoms. The van der Waals surface area contributed by atoms with E-state index in [9.17, 15) is 34.6 Å². The molecule has 0 saturated heterocycles. The van der Waals surface area contributed by atoms with Gasteiger partial charge in [-0.2, -0.15) is 4.99 Å². The Labute approximate surface area is 338 Å². The molecule has 0 aromatic heterocycles. The predicted molar refractivity (Wildman–Crippen MR) is 221 cm³/mol. The van der Waals surface area contributed by atoms with E-state index in [1.807, 2.05) is 83.3 Å². The molecule has 0 radical (unpaired) electrons. The average molecular weight is 886 g/mol. The van der Waals surface area contributed by atoms with Crippen molar-refractivity contribution in [3.8, 4) is 17.2 Å². The molecule has 0 atom stereocenters. The number of aliphatic imine (C=N–C) groups is 1. The summed E-state index contributed by atoms with van der Waals surface area (Å²) in [5.74, 6) is -2.22. The molecule has 0 bridgehead atoms. The number of nitrogens with zero attached hydrogens (tertiary/aromatic N) is 4. The number of rotatable bonds is 14. The summed E-state index contributed by atoms with van der Waals surface area (Å²) in [7, 11) is 1.33. The van der Waals surface area contributed by atoms with Gasteiger partial charge in [0.1, 0.15) is 5.57 Å². The van der Waals surface area contributed by atoms with E-state index in [4.69, 9.17) is 9.47 Å². The second kappa shape index (κ2) is 18.8. The van der Waals surface area contributed by atoms with Crippen LogP contribution in [0.5, 0.6) is 17.2 Å². The molecule has 56 heavy (non-hydrogen) atoms. The smallest absolute Gasteiger partial charge is 0.318 e. The molecule has 5 rings (SSSR count). The minimum Gasteiger partial charge on any atom is -0.493 e. The highest BCUT2D eigenvalue weighted by Crippen LogP contribution is 2.42. The van der Waals surface area contributed by atoms with Crippen molar-refractivity contribution in [2.75, 3.05) is 12.9 Å². The van der Waals surface area contributed by atoms with Crippen LogP contribution in [-0.4, -0.2) is 50.5 Å². The summed E-state index contributed by atoms with van der Waals surface area (Å²) in [5.41, 5.74) is 1.02. The molecule has 14 nitrogen and oxygen atoms in total. The number of allylic oxidation sites excluding steroid dienone is 4. The number of hydrogen-bond acceptors (Lipinski definition) is 10. The summed E-state index contributed by atoms with van der Waals surface area (Å²) >= 11 is 2.82. The SMILES string of the molecule is C=C/C=C\C(=C/C)N1C(=O)/C(=C\c2cc(I)c(Oc3ccc([N+](=O)[O-])cc3[N+](=O)[O-])c(OC)c2)C(=O)N=C1SCC(=O)NC(c1ccccc1)c1ccccc1. The minimum atomic E-state index is -0.848. The van der Waals surface area contributed by atoms with Gasteiger partial charge in [0.25, 0.3) is 17.5 Å². The third kappa shape index (κ3) is 9.63. The van der Waals surface area contributed by atoms with Gasteiger partial charge in [-0.25, -0.2) is 0 Å². The molecule has 1 aliphatic heterocycles. The molecule has 3 amide bonds. The lowest BCUT2D eigenvalue weighted by molar-refractivity contribution is -0.394. The first-order valence-electron chi connectivity index (χ1n) is 16.6. The van der Waals surface area contributed by atoms with Gasteiger partial charge in [0.05, 0.1) is 38.4 Å². The molecule has 0 fully saturated rings. The predicted octanol–water partition coefficient (Wildman–Crippen LogP) is 8.30. The van der Waals surface area contributed by atoms with Crippen LogP contribution in [0.25, 0.3) is 6.08 Å². The molecule has 1 N–H and O–H groups in total. The minimum absolute atomic E-state index is 0.00862. The monoisotopic (exact) mass is 885 g/mol. The van der Waals surface area contributed by atoms with E-state index in [1.165, 1.54) is 30.2 Å². The zero-order valence-corrected chi connectivity index (χ0v) is 32.8. The van der Waals surface area contributed by atoms with Crippen LogP contribution >= 0.6 is 34.4 Å². The Morgan fingerprint density at radius 3 is 2.21 bits per heavy atom. The van der Waals surface area contributed by atoms with Gasteiger partial charge in [-0.05, 0) is 76.6 Å². The number of methoxy groups -OCH3 is 1. The van der Waals surface area contributed by atoms with Crippen LogP contribution in [0.2, 0.25) is 0 Å². The Bertz CT molecular complexity index is 2290. The van der Waals surface area contributed by atoms with E-state index in [-0.39, 0.29) is 39.6 Å².